The second-order valence-corrected chi connectivity index (χ2v) is 6.37. The van der Waals surface area contributed by atoms with Gasteiger partial charge in [-0.25, -0.2) is 4.79 Å². The second kappa shape index (κ2) is 6.79. The molecule has 1 amide bonds. The van der Waals surface area contributed by atoms with Crippen molar-refractivity contribution >= 4 is 17.6 Å². The van der Waals surface area contributed by atoms with Crippen LogP contribution in [-0.4, -0.2) is 32.7 Å². The number of carbonyl (C=O) groups excluding carboxylic acids is 2. The van der Waals surface area contributed by atoms with Crippen molar-refractivity contribution in [3.8, 4) is 11.5 Å². The zero-order chi connectivity index (χ0) is 19.0. The Hall–Kier alpha value is -3.28. The molecule has 4 rings (SSSR count). The number of hydrogen-bond acceptors (Lipinski definition) is 5. The number of ether oxygens (including phenoxy) is 3. The molecule has 2 aliphatic heterocycles. The molecule has 2 aromatic carbocycles. The molecule has 0 bridgehead atoms. The van der Waals surface area contributed by atoms with Gasteiger partial charge in [0, 0.05) is 23.6 Å². The smallest absolute Gasteiger partial charge is 0.336 e. The SMILES string of the molecule is COc1ccc(OC)c(C2CC(=O)N(c3ccccc3)C3=C2C(=O)OC3)c1. The maximum atomic E-state index is 13.0. The van der Waals surface area contributed by atoms with Crippen LogP contribution in [-0.2, 0) is 14.3 Å². The fraction of sp³-hybridized carbons (Fsp3) is 0.238. The highest BCUT2D eigenvalue weighted by Gasteiger charge is 2.43. The first kappa shape index (κ1) is 17.1. The average molecular weight is 365 g/mol. The zero-order valence-electron chi connectivity index (χ0n) is 15.1. The first-order valence-corrected chi connectivity index (χ1v) is 8.64. The first-order chi connectivity index (χ1) is 13.1. The lowest BCUT2D eigenvalue weighted by molar-refractivity contribution is -0.136. The van der Waals surface area contributed by atoms with Gasteiger partial charge in [-0.3, -0.25) is 9.69 Å². The highest BCUT2D eigenvalue weighted by molar-refractivity contribution is 6.06. The lowest BCUT2D eigenvalue weighted by atomic mass is 9.83. The summed E-state index contributed by atoms with van der Waals surface area (Å²) in [4.78, 5) is 27.2. The van der Waals surface area contributed by atoms with Gasteiger partial charge < -0.3 is 14.2 Å². The topological polar surface area (TPSA) is 65.1 Å². The minimum Gasteiger partial charge on any atom is -0.497 e. The van der Waals surface area contributed by atoms with Crippen molar-refractivity contribution in [2.45, 2.75) is 12.3 Å². The van der Waals surface area contributed by atoms with Crippen LogP contribution < -0.4 is 14.4 Å². The molecule has 0 radical (unpaired) electrons. The van der Waals surface area contributed by atoms with E-state index in [9.17, 15) is 9.59 Å². The summed E-state index contributed by atoms with van der Waals surface area (Å²) >= 11 is 0. The van der Waals surface area contributed by atoms with Crippen molar-refractivity contribution in [2.24, 2.45) is 0 Å². The molecule has 0 fully saturated rings. The molecule has 2 heterocycles. The maximum Gasteiger partial charge on any atom is 0.336 e. The number of hydrogen-bond donors (Lipinski definition) is 0. The van der Waals surface area contributed by atoms with E-state index < -0.39 is 11.9 Å². The van der Waals surface area contributed by atoms with Gasteiger partial charge in [0.15, 0.2) is 0 Å². The summed E-state index contributed by atoms with van der Waals surface area (Å²) in [6.45, 7) is 0.0809. The van der Waals surface area contributed by atoms with Gasteiger partial charge in [-0.1, -0.05) is 18.2 Å². The Morgan fingerprint density at radius 2 is 1.81 bits per heavy atom. The first-order valence-electron chi connectivity index (χ1n) is 8.64. The van der Waals surface area contributed by atoms with E-state index in [2.05, 4.69) is 0 Å². The highest BCUT2D eigenvalue weighted by Crippen LogP contribution is 2.45. The van der Waals surface area contributed by atoms with Crippen LogP contribution in [0.3, 0.4) is 0 Å². The van der Waals surface area contributed by atoms with Crippen LogP contribution in [0.15, 0.2) is 59.8 Å². The Labute approximate surface area is 156 Å². The summed E-state index contributed by atoms with van der Waals surface area (Å²) in [6, 6.07) is 14.7. The average Bonchev–Trinajstić information content (AvgIpc) is 3.09. The summed E-state index contributed by atoms with van der Waals surface area (Å²) in [5.41, 5.74) is 2.57. The quantitative estimate of drug-likeness (QED) is 0.779. The number of amides is 1. The molecule has 0 aromatic heterocycles. The molecule has 0 spiro atoms. The predicted molar refractivity (Wildman–Crippen MR) is 98.8 cm³/mol. The van der Waals surface area contributed by atoms with Gasteiger partial charge in [-0.2, -0.15) is 0 Å². The molecule has 138 valence electrons. The molecule has 27 heavy (non-hydrogen) atoms. The third-order valence-corrected chi connectivity index (χ3v) is 4.94. The molecule has 6 nitrogen and oxygen atoms in total. The van der Waals surface area contributed by atoms with E-state index in [-0.39, 0.29) is 18.9 Å². The van der Waals surface area contributed by atoms with E-state index >= 15 is 0 Å². The third-order valence-electron chi connectivity index (χ3n) is 4.94. The van der Waals surface area contributed by atoms with Gasteiger partial charge in [0.2, 0.25) is 5.91 Å². The van der Waals surface area contributed by atoms with Crippen LogP contribution in [0.2, 0.25) is 0 Å². The van der Waals surface area contributed by atoms with Crippen molar-refractivity contribution in [1.82, 2.24) is 0 Å². The highest BCUT2D eigenvalue weighted by atomic mass is 16.5. The maximum absolute atomic E-state index is 13.0. The van der Waals surface area contributed by atoms with Crippen molar-refractivity contribution < 1.29 is 23.8 Å². The number of anilines is 1. The van der Waals surface area contributed by atoms with E-state index in [4.69, 9.17) is 14.2 Å². The summed E-state index contributed by atoms with van der Waals surface area (Å²) in [7, 11) is 3.14. The number of para-hydroxylation sites is 1. The van der Waals surface area contributed by atoms with Crippen LogP contribution >= 0.6 is 0 Å². The van der Waals surface area contributed by atoms with E-state index in [1.54, 1.807) is 31.3 Å². The molecule has 1 atom stereocenters. The fourth-order valence-corrected chi connectivity index (χ4v) is 3.71. The van der Waals surface area contributed by atoms with E-state index in [1.165, 1.54) is 0 Å². The van der Waals surface area contributed by atoms with Crippen molar-refractivity contribution in [3.05, 3.63) is 65.4 Å². The Balaban J connectivity index is 1.86. The van der Waals surface area contributed by atoms with Gasteiger partial charge in [0.05, 0.1) is 25.5 Å². The van der Waals surface area contributed by atoms with Gasteiger partial charge in [-0.15, -0.1) is 0 Å². The zero-order valence-corrected chi connectivity index (χ0v) is 15.1. The van der Waals surface area contributed by atoms with Gasteiger partial charge >= 0.3 is 5.97 Å². The van der Waals surface area contributed by atoms with Crippen LogP contribution in [0.4, 0.5) is 5.69 Å². The Morgan fingerprint density at radius 1 is 1.04 bits per heavy atom. The Morgan fingerprint density at radius 3 is 2.52 bits per heavy atom. The van der Waals surface area contributed by atoms with E-state index in [1.807, 2.05) is 36.4 Å². The molecule has 0 saturated carbocycles. The summed E-state index contributed by atoms with van der Waals surface area (Å²) in [5.74, 6) is 0.319. The largest absolute Gasteiger partial charge is 0.497 e. The minimum atomic E-state index is -0.437. The van der Waals surface area contributed by atoms with Crippen LogP contribution in [0.5, 0.6) is 11.5 Å². The molecule has 6 heteroatoms. The number of benzene rings is 2. The molecule has 0 saturated heterocycles. The van der Waals surface area contributed by atoms with Crippen molar-refractivity contribution in [1.29, 1.82) is 0 Å². The van der Waals surface area contributed by atoms with Gasteiger partial charge in [0.25, 0.3) is 0 Å². The standard InChI is InChI=1S/C21H19NO5/c1-25-14-8-9-18(26-2)15(10-14)16-11-19(23)22(13-6-4-3-5-7-13)17-12-27-21(24)20(16)17/h3-10,16H,11-12H2,1-2H3. The number of rotatable bonds is 4. The van der Waals surface area contributed by atoms with Crippen LogP contribution in [0.1, 0.15) is 17.9 Å². The molecule has 2 aromatic rings. The summed E-state index contributed by atoms with van der Waals surface area (Å²) in [5, 5.41) is 0. The second-order valence-electron chi connectivity index (χ2n) is 6.37. The molecule has 0 aliphatic carbocycles. The number of methoxy groups -OCH3 is 2. The number of carbonyl (C=O) groups is 2. The van der Waals surface area contributed by atoms with Crippen molar-refractivity contribution in [3.63, 3.8) is 0 Å². The molecule has 0 N–H and O–H groups in total. The lowest BCUT2D eigenvalue weighted by Crippen LogP contribution is -2.37. The van der Waals surface area contributed by atoms with E-state index in [0.29, 0.717) is 22.8 Å². The fourth-order valence-electron chi connectivity index (χ4n) is 3.71. The summed E-state index contributed by atoms with van der Waals surface area (Å²) in [6.07, 6.45) is 0.145. The number of nitrogens with zero attached hydrogens (tertiary/aromatic N) is 1. The van der Waals surface area contributed by atoms with Crippen LogP contribution in [0.25, 0.3) is 0 Å². The van der Waals surface area contributed by atoms with Crippen molar-refractivity contribution in [2.75, 3.05) is 25.7 Å². The predicted octanol–water partition coefficient (Wildman–Crippen LogP) is 3.04. The van der Waals surface area contributed by atoms with Crippen LogP contribution in [0, 0.1) is 0 Å². The Kier molecular flexibility index (Phi) is 4.32. The Bertz CT molecular complexity index is 935. The lowest BCUT2D eigenvalue weighted by Gasteiger charge is -2.32. The third kappa shape index (κ3) is 2.83. The monoisotopic (exact) mass is 365 g/mol. The van der Waals surface area contributed by atoms with Gasteiger partial charge in [0.1, 0.15) is 18.1 Å². The minimum absolute atomic E-state index is 0.0809. The number of esters is 1. The molecule has 2 aliphatic rings. The van der Waals surface area contributed by atoms with E-state index in [0.717, 1.165) is 11.3 Å². The molecular formula is C21H19NO5. The summed E-state index contributed by atoms with van der Waals surface area (Å²) < 4.78 is 16.1. The molecule has 1 unspecified atom stereocenters. The van der Waals surface area contributed by atoms with Gasteiger partial charge in [-0.05, 0) is 30.3 Å². The normalized spacial score (nSPS) is 19.0. The number of cyclic esters (lactones) is 1. The molecular weight excluding hydrogens is 346 g/mol.